The monoisotopic (exact) mass is 402 g/mol. The fraction of sp³-hybridized carbons (Fsp3) is 0.200. The van der Waals surface area contributed by atoms with Crippen molar-refractivity contribution in [3.8, 4) is 17.2 Å². The molecule has 6 nitrogen and oxygen atoms in total. The molecule has 1 aromatic heterocycles. The Morgan fingerprint density at radius 2 is 1.79 bits per heavy atom. The van der Waals surface area contributed by atoms with Gasteiger partial charge in [-0.1, -0.05) is 18.2 Å². The highest BCUT2D eigenvalue weighted by Gasteiger charge is 2.14. The molecule has 0 spiro atoms. The Labute approximate surface area is 165 Å². The summed E-state index contributed by atoms with van der Waals surface area (Å²) < 4.78 is 29.3. The normalized spacial score (nSPS) is 10.4. The summed E-state index contributed by atoms with van der Waals surface area (Å²) >= 11 is 1.32. The Morgan fingerprint density at radius 3 is 2.43 bits per heavy atom. The van der Waals surface area contributed by atoms with Crippen molar-refractivity contribution in [2.75, 3.05) is 14.2 Å². The number of carbonyl (C=O) groups excluding carboxylic acids is 1. The van der Waals surface area contributed by atoms with E-state index in [1.165, 1.54) is 23.5 Å². The Kier molecular flexibility index (Phi) is 6.44. The lowest BCUT2D eigenvalue weighted by molar-refractivity contribution is 0.0946. The third kappa shape index (κ3) is 4.77. The number of ether oxygens (including phenoxy) is 3. The molecule has 3 rings (SSSR count). The molecule has 28 heavy (non-hydrogen) atoms. The fourth-order valence-corrected chi connectivity index (χ4v) is 3.14. The summed E-state index contributed by atoms with van der Waals surface area (Å²) in [5.41, 5.74) is 1.11. The predicted molar refractivity (Wildman–Crippen MR) is 104 cm³/mol. The van der Waals surface area contributed by atoms with E-state index < -0.39 is 0 Å². The van der Waals surface area contributed by atoms with Crippen molar-refractivity contribution in [2.24, 2.45) is 0 Å². The van der Waals surface area contributed by atoms with E-state index >= 15 is 0 Å². The van der Waals surface area contributed by atoms with Crippen molar-refractivity contribution in [1.82, 2.24) is 10.3 Å². The van der Waals surface area contributed by atoms with Crippen molar-refractivity contribution < 1.29 is 23.4 Å². The molecule has 0 aliphatic carbocycles. The smallest absolute Gasteiger partial charge is 0.271 e. The summed E-state index contributed by atoms with van der Waals surface area (Å²) in [6.45, 7) is 0.466. The van der Waals surface area contributed by atoms with E-state index in [4.69, 9.17) is 14.2 Å². The molecule has 0 atom stereocenters. The van der Waals surface area contributed by atoms with Crippen molar-refractivity contribution in [3.63, 3.8) is 0 Å². The van der Waals surface area contributed by atoms with Gasteiger partial charge >= 0.3 is 0 Å². The lowest BCUT2D eigenvalue weighted by atomic mass is 10.2. The van der Waals surface area contributed by atoms with E-state index in [0.717, 1.165) is 5.56 Å². The lowest BCUT2D eigenvalue weighted by Gasteiger charge is -2.13. The van der Waals surface area contributed by atoms with E-state index in [9.17, 15) is 9.18 Å². The minimum Gasteiger partial charge on any atom is -0.493 e. The van der Waals surface area contributed by atoms with Gasteiger partial charge < -0.3 is 19.5 Å². The minimum absolute atomic E-state index is 0.173. The van der Waals surface area contributed by atoms with Crippen molar-refractivity contribution >= 4 is 17.2 Å². The molecule has 146 valence electrons. The van der Waals surface area contributed by atoms with Crippen LogP contribution in [0.2, 0.25) is 0 Å². The molecule has 0 aliphatic heterocycles. The van der Waals surface area contributed by atoms with Crippen molar-refractivity contribution in [1.29, 1.82) is 0 Å². The summed E-state index contributed by atoms with van der Waals surface area (Å²) in [6, 6.07) is 11.3. The van der Waals surface area contributed by atoms with Crippen LogP contribution in [0.15, 0.2) is 47.8 Å². The molecule has 0 bridgehead atoms. The van der Waals surface area contributed by atoms with Crippen LogP contribution in [0.25, 0.3) is 0 Å². The second-order valence-corrected chi connectivity index (χ2v) is 6.66. The number of hydrogen-bond donors (Lipinski definition) is 1. The van der Waals surface area contributed by atoms with E-state index in [0.29, 0.717) is 34.5 Å². The van der Waals surface area contributed by atoms with Crippen LogP contribution in [0.5, 0.6) is 17.2 Å². The maximum atomic E-state index is 12.9. The van der Waals surface area contributed by atoms with Crippen LogP contribution in [0.1, 0.15) is 21.1 Å². The number of hydrogen-bond acceptors (Lipinski definition) is 6. The van der Waals surface area contributed by atoms with Crippen LogP contribution in [0, 0.1) is 5.82 Å². The maximum Gasteiger partial charge on any atom is 0.271 e. The number of methoxy groups -OCH3 is 2. The number of thiazole rings is 1. The number of carbonyl (C=O) groups is 1. The zero-order valence-corrected chi connectivity index (χ0v) is 16.2. The van der Waals surface area contributed by atoms with Gasteiger partial charge in [-0.15, -0.1) is 11.3 Å². The van der Waals surface area contributed by atoms with Crippen LogP contribution < -0.4 is 19.5 Å². The van der Waals surface area contributed by atoms with Gasteiger partial charge in [0.2, 0.25) is 5.75 Å². The Hall–Kier alpha value is -3.13. The first-order chi connectivity index (χ1) is 13.6. The zero-order chi connectivity index (χ0) is 19.9. The summed E-state index contributed by atoms with van der Waals surface area (Å²) in [5.74, 6) is 0.957. The van der Waals surface area contributed by atoms with Gasteiger partial charge in [0.15, 0.2) is 11.5 Å². The highest BCUT2D eigenvalue weighted by Crippen LogP contribution is 2.37. The Morgan fingerprint density at radius 1 is 1.11 bits per heavy atom. The standard InChI is InChI=1S/C20H19FN2O4S/c1-25-16-4-3-5-17(26-2)19(16)27-11-18-23-15(12-28-18)20(24)22-10-13-6-8-14(21)9-7-13/h3-9,12H,10-11H2,1-2H3,(H,22,24). The topological polar surface area (TPSA) is 69.7 Å². The largest absolute Gasteiger partial charge is 0.493 e. The van der Waals surface area contributed by atoms with Crippen LogP contribution in [0.3, 0.4) is 0 Å². The van der Waals surface area contributed by atoms with Crippen molar-refractivity contribution in [3.05, 3.63) is 69.9 Å². The van der Waals surface area contributed by atoms with Crippen LogP contribution >= 0.6 is 11.3 Å². The summed E-state index contributed by atoms with van der Waals surface area (Å²) in [7, 11) is 3.10. The number of para-hydroxylation sites is 1. The predicted octanol–water partition coefficient (Wildman–Crippen LogP) is 3.81. The summed E-state index contributed by atoms with van der Waals surface area (Å²) in [4.78, 5) is 16.6. The molecule has 8 heteroatoms. The van der Waals surface area contributed by atoms with Gasteiger partial charge in [0.1, 0.15) is 23.1 Å². The molecule has 3 aromatic rings. The third-order valence-electron chi connectivity index (χ3n) is 3.87. The molecule has 1 N–H and O–H groups in total. The molecule has 0 saturated heterocycles. The number of nitrogens with zero attached hydrogens (tertiary/aromatic N) is 1. The molecule has 1 amide bonds. The van der Waals surface area contributed by atoms with Gasteiger partial charge in [0.25, 0.3) is 5.91 Å². The van der Waals surface area contributed by atoms with Crippen LogP contribution in [-0.2, 0) is 13.2 Å². The number of halogens is 1. The van der Waals surface area contributed by atoms with Gasteiger partial charge in [-0.05, 0) is 29.8 Å². The molecule has 0 unspecified atom stereocenters. The molecule has 1 heterocycles. The van der Waals surface area contributed by atoms with Gasteiger partial charge in [-0.25, -0.2) is 9.37 Å². The minimum atomic E-state index is -0.314. The fourth-order valence-electron chi connectivity index (χ4n) is 2.45. The molecule has 0 radical (unpaired) electrons. The number of nitrogens with one attached hydrogen (secondary N) is 1. The first-order valence-corrected chi connectivity index (χ1v) is 9.29. The highest BCUT2D eigenvalue weighted by atomic mass is 32.1. The van der Waals surface area contributed by atoms with Gasteiger partial charge in [0, 0.05) is 11.9 Å². The lowest BCUT2D eigenvalue weighted by Crippen LogP contribution is -2.23. The number of aromatic nitrogens is 1. The number of amides is 1. The summed E-state index contributed by atoms with van der Waals surface area (Å²) in [5, 5.41) is 5.06. The number of rotatable bonds is 8. The second kappa shape index (κ2) is 9.18. The van der Waals surface area contributed by atoms with Gasteiger partial charge in [-0.3, -0.25) is 4.79 Å². The van der Waals surface area contributed by atoms with E-state index in [2.05, 4.69) is 10.3 Å². The molecule has 0 fully saturated rings. The summed E-state index contributed by atoms with van der Waals surface area (Å²) in [6.07, 6.45) is 0. The Bertz CT molecular complexity index is 921. The highest BCUT2D eigenvalue weighted by molar-refractivity contribution is 7.09. The average Bonchev–Trinajstić information content (AvgIpc) is 3.20. The maximum absolute atomic E-state index is 12.9. The van der Waals surface area contributed by atoms with Crippen molar-refractivity contribution in [2.45, 2.75) is 13.2 Å². The first-order valence-electron chi connectivity index (χ1n) is 8.41. The first kappa shape index (κ1) is 19.6. The van der Waals surface area contributed by atoms with Crippen LogP contribution in [-0.4, -0.2) is 25.1 Å². The van der Waals surface area contributed by atoms with E-state index in [1.807, 2.05) is 0 Å². The average molecular weight is 402 g/mol. The molecular formula is C20H19FN2O4S. The third-order valence-corrected chi connectivity index (χ3v) is 4.70. The molecule has 2 aromatic carbocycles. The SMILES string of the molecule is COc1cccc(OC)c1OCc1nc(C(=O)NCc2ccc(F)cc2)cs1. The number of benzene rings is 2. The van der Waals surface area contributed by atoms with Crippen LogP contribution in [0.4, 0.5) is 4.39 Å². The molecular weight excluding hydrogens is 383 g/mol. The zero-order valence-electron chi connectivity index (χ0n) is 15.4. The molecule has 0 saturated carbocycles. The van der Waals surface area contributed by atoms with E-state index in [-0.39, 0.29) is 18.3 Å². The van der Waals surface area contributed by atoms with E-state index in [1.54, 1.807) is 49.9 Å². The quantitative estimate of drug-likeness (QED) is 0.621. The second-order valence-electron chi connectivity index (χ2n) is 5.72. The molecule has 0 aliphatic rings. The van der Waals surface area contributed by atoms with Gasteiger partial charge in [-0.2, -0.15) is 0 Å². The Balaban J connectivity index is 1.60. The van der Waals surface area contributed by atoms with Gasteiger partial charge in [0.05, 0.1) is 14.2 Å².